The van der Waals surface area contributed by atoms with Gasteiger partial charge in [-0.2, -0.15) is 0 Å². The minimum Gasteiger partial charge on any atom is -0.313 e. The second-order valence-electron chi connectivity index (χ2n) is 4.84. The topological polar surface area (TPSA) is 12.0 Å². The van der Waals surface area contributed by atoms with E-state index in [0.29, 0.717) is 12.0 Å². The second-order valence-corrected chi connectivity index (χ2v) is 4.84. The van der Waals surface area contributed by atoms with Crippen molar-refractivity contribution in [3.8, 4) is 0 Å². The Morgan fingerprint density at radius 3 is 2.65 bits per heavy atom. The zero-order chi connectivity index (χ0) is 11.2. The van der Waals surface area contributed by atoms with Gasteiger partial charge in [-0.05, 0) is 37.3 Å². The van der Waals surface area contributed by atoms with Crippen LogP contribution in [-0.2, 0) is 0 Å². The van der Waals surface area contributed by atoms with Gasteiger partial charge in [0.15, 0.2) is 0 Å². The Morgan fingerprint density at radius 2 is 1.94 bits per heavy atom. The van der Waals surface area contributed by atoms with Gasteiger partial charge < -0.3 is 5.32 Å². The molecule has 0 saturated carbocycles. The number of hydrogen-bond donors (Lipinski definition) is 1. The van der Waals surface area contributed by atoms with E-state index < -0.39 is 0 Å². The molecule has 17 heavy (non-hydrogen) atoms. The molecule has 0 spiro atoms. The van der Waals surface area contributed by atoms with Crippen LogP contribution in [0, 0.1) is 0 Å². The first-order valence-corrected chi connectivity index (χ1v) is 6.70. The van der Waals surface area contributed by atoms with E-state index in [-0.39, 0.29) is 12.4 Å². The highest BCUT2D eigenvalue weighted by atomic mass is 35.5. The molecule has 1 fully saturated rings. The number of benzene rings is 1. The molecule has 2 heteroatoms. The number of nitrogens with one attached hydrogen (secondary N) is 1. The second kappa shape index (κ2) is 7.73. The van der Waals surface area contributed by atoms with Crippen molar-refractivity contribution in [3.63, 3.8) is 0 Å². The van der Waals surface area contributed by atoms with Gasteiger partial charge in [0.25, 0.3) is 0 Å². The van der Waals surface area contributed by atoms with Gasteiger partial charge in [-0.1, -0.05) is 50.1 Å². The fourth-order valence-corrected chi connectivity index (χ4v) is 2.85. The predicted octanol–water partition coefficient (Wildman–Crippen LogP) is 4.13. The summed E-state index contributed by atoms with van der Waals surface area (Å²) in [7, 11) is 0. The van der Waals surface area contributed by atoms with Gasteiger partial charge in [0.2, 0.25) is 0 Å². The van der Waals surface area contributed by atoms with Crippen molar-refractivity contribution in [2.75, 3.05) is 6.54 Å². The highest BCUT2D eigenvalue weighted by molar-refractivity contribution is 5.85. The van der Waals surface area contributed by atoms with E-state index in [0.717, 1.165) is 0 Å². The zero-order valence-electron chi connectivity index (χ0n) is 10.7. The maximum absolute atomic E-state index is 3.73. The minimum atomic E-state index is 0. The van der Waals surface area contributed by atoms with E-state index in [1.807, 2.05) is 0 Å². The van der Waals surface area contributed by atoms with Gasteiger partial charge in [-0.25, -0.2) is 0 Å². The van der Waals surface area contributed by atoms with Crippen LogP contribution in [0.15, 0.2) is 30.3 Å². The Labute approximate surface area is 111 Å². The summed E-state index contributed by atoms with van der Waals surface area (Å²) < 4.78 is 0. The van der Waals surface area contributed by atoms with Crippen LogP contribution in [0.5, 0.6) is 0 Å². The molecule has 1 heterocycles. The molecule has 1 aliphatic heterocycles. The van der Waals surface area contributed by atoms with E-state index in [9.17, 15) is 0 Å². The number of halogens is 1. The van der Waals surface area contributed by atoms with E-state index in [1.54, 1.807) is 0 Å². The van der Waals surface area contributed by atoms with E-state index in [1.165, 1.54) is 44.2 Å². The SMILES string of the molecule is CCC(c1ccccc1)C1CCCCCN1.Cl. The Morgan fingerprint density at radius 1 is 1.18 bits per heavy atom. The molecule has 1 aromatic rings. The third-order valence-electron chi connectivity index (χ3n) is 3.75. The van der Waals surface area contributed by atoms with Crippen molar-refractivity contribution in [2.24, 2.45) is 0 Å². The quantitative estimate of drug-likeness (QED) is 0.854. The standard InChI is InChI=1S/C15H23N.ClH/c1-2-14(13-9-5-3-6-10-13)15-11-7-4-8-12-16-15;/h3,5-6,9-10,14-16H,2,4,7-8,11-12H2,1H3;1H. The van der Waals surface area contributed by atoms with Crippen LogP contribution in [0.25, 0.3) is 0 Å². The molecule has 0 bridgehead atoms. The lowest BCUT2D eigenvalue weighted by Crippen LogP contribution is -2.34. The van der Waals surface area contributed by atoms with Gasteiger partial charge in [0.05, 0.1) is 0 Å². The molecule has 1 N–H and O–H groups in total. The van der Waals surface area contributed by atoms with Crippen molar-refractivity contribution >= 4 is 12.4 Å². The van der Waals surface area contributed by atoms with Crippen LogP contribution >= 0.6 is 12.4 Å². The maximum atomic E-state index is 3.73. The van der Waals surface area contributed by atoms with Crippen LogP contribution in [0.2, 0.25) is 0 Å². The van der Waals surface area contributed by atoms with Crippen molar-refractivity contribution < 1.29 is 0 Å². The lowest BCUT2D eigenvalue weighted by molar-refractivity contribution is 0.417. The van der Waals surface area contributed by atoms with Gasteiger partial charge in [-0.3, -0.25) is 0 Å². The fourth-order valence-electron chi connectivity index (χ4n) is 2.85. The molecular formula is C15H24ClN. The average Bonchev–Trinajstić information content (AvgIpc) is 2.61. The van der Waals surface area contributed by atoms with Crippen molar-refractivity contribution in [1.29, 1.82) is 0 Å². The van der Waals surface area contributed by atoms with Gasteiger partial charge >= 0.3 is 0 Å². The smallest absolute Gasteiger partial charge is 0.0136 e. The lowest BCUT2D eigenvalue weighted by atomic mass is 9.87. The molecule has 1 aliphatic rings. The van der Waals surface area contributed by atoms with E-state index in [2.05, 4.69) is 42.6 Å². The first-order chi connectivity index (χ1) is 7.92. The van der Waals surface area contributed by atoms with Crippen molar-refractivity contribution in [3.05, 3.63) is 35.9 Å². The highest BCUT2D eigenvalue weighted by Gasteiger charge is 2.21. The van der Waals surface area contributed by atoms with E-state index in [4.69, 9.17) is 0 Å². The average molecular weight is 254 g/mol. The Hall–Kier alpha value is -0.530. The normalized spacial score (nSPS) is 22.3. The summed E-state index contributed by atoms with van der Waals surface area (Å²) >= 11 is 0. The molecule has 0 aliphatic carbocycles. The molecule has 2 unspecified atom stereocenters. The predicted molar refractivity (Wildman–Crippen MR) is 77.0 cm³/mol. The molecule has 1 saturated heterocycles. The fraction of sp³-hybridized carbons (Fsp3) is 0.600. The van der Waals surface area contributed by atoms with Crippen LogP contribution in [-0.4, -0.2) is 12.6 Å². The summed E-state index contributed by atoms with van der Waals surface area (Å²) in [6.45, 7) is 3.51. The van der Waals surface area contributed by atoms with E-state index >= 15 is 0 Å². The summed E-state index contributed by atoms with van der Waals surface area (Å²) in [5, 5.41) is 3.73. The molecule has 96 valence electrons. The first kappa shape index (κ1) is 14.5. The van der Waals surface area contributed by atoms with Crippen LogP contribution in [0.3, 0.4) is 0 Å². The molecule has 1 nitrogen and oxygen atoms in total. The van der Waals surface area contributed by atoms with Crippen LogP contribution < -0.4 is 5.32 Å². The summed E-state index contributed by atoms with van der Waals surface area (Å²) in [6.07, 6.45) is 6.71. The summed E-state index contributed by atoms with van der Waals surface area (Å²) in [4.78, 5) is 0. The largest absolute Gasteiger partial charge is 0.313 e. The first-order valence-electron chi connectivity index (χ1n) is 6.70. The monoisotopic (exact) mass is 253 g/mol. The molecule has 0 amide bonds. The van der Waals surface area contributed by atoms with Crippen molar-refractivity contribution in [2.45, 2.75) is 51.0 Å². The zero-order valence-corrected chi connectivity index (χ0v) is 11.5. The Bertz CT molecular complexity index is 291. The maximum Gasteiger partial charge on any atom is 0.0136 e. The molecule has 0 radical (unpaired) electrons. The Balaban J connectivity index is 0.00000144. The summed E-state index contributed by atoms with van der Waals surface area (Å²) in [5.74, 6) is 0.694. The summed E-state index contributed by atoms with van der Waals surface area (Å²) in [5.41, 5.74) is 1.50. The third kappa shape index (κ3) is 4.01. The van der Waals surface area contributed by atoms with Gasteiger partial charge in [0, 0.05) is 6.04 Å². The third-order valence-corrected chi connectivity index (χ3v) is 3.75. The summed E-state index contributed by atoms with van der Waals surface area (Å²) in [6, 6.07) is 11.7. The molecule has 2 rings (SSSR count). The molecule has 1 aromatic carbocycles. The van der Waals surface area contributed by atoms with Gasteiger partial charge in [0.1, 0.15) is 0 Å². The molecule has 0 aromatic heterocycles. The highest BCUT2D eigenvalue weighted by Crippen LogP contribution is 2.27. The number of rotatable bonds is 3. The van der Waals surface area contributed by atoms with Crippen LogP contribution in [0.1, 0.15) is 50.5 Å². The Kier molecular flexibility index (Phi) is 6.61. The van der Waals surface area contributed by atoms with Gasteiger partial charge in [-0.15, -0.1) is 12.4 Å². The molecule has 2 atom stereocenters. The lowest BCUT2D eigenvalue weighted by Gasteiger charge is -2.26. The minimum absolute atomic E-state index is 0. The van der Waals surface area contributed by atoms with Crippen LogP contribution in [0.4, 0.5) is 0 Å². The molecular weight excluding hydrogens is 230 g/mol. The van der Waals surface area contributed by atoms with Crippen molar-refractivity contribution in [1.82, 2.24) is 5.32 Å². The number of hydrogen-bond acceptors (Lipinski definition) is 1.